The molecular formula is C12H14O5. The van der Waals surface area contributed by atoms with Gasteiger partial charge in [0.15, 0.2) is 0 Å². The lowest BCUT2D eigenvalue weighted by molar-refractivity contribution is -0.167. The van der Waals surface area contributed by atoms with Crippen molar-refractivity contribution in [3.63, 3.8) is 0 Å². The van der Waals surface area contributed by atoms with E-state index in [1.807, 2.05) is 0 Å². The molecule has 0 radical (unpaired) electrons. The van der Waals surface area contributed by atoms with Gasteiger partial charge in [-0.15, -0.1) is 0 Å². The minimum atomic E-state index is -1.60. The Kier molecular flexibility index (Phi) is 2.32. The monoisotopic (exact) mass is 238 g/mol. The smallest absolute Gasteiger partial charge is 0.312 e. The zero-order chi connectivity index (χ0) is 12.8. The van der Waals surface area contributed by atoms with Crippen LogP contribution in [0.4, 0.5) is 0 Å². The van der Waals surface area contributed by atoms with Crippen LogP contribution in [-0.2, 0) is 10.4 Å². The number of ether oxygens (including phenoxy) is 1. The van der Waals surface area contributed by atoms with Crippen LogP contribution in [-0.4, -0.2) is 27.9 Å². The van der Waals surface area contributed by atoms with E-state index in [0.717, 1.165) is 0 Å². The van der Waals surface area contributed by atoms with Crippen LogP contribution in [0.15, 0.2) is 18.2 Å². The lowest BCUT2D eigenvalue weighted by atomic mass is 9.72. The number of fused-ring (bicyclic) bond motifs is 1. The van der Waals surface area contributed by atoms with Crippen molar-refractivity contribution < 1.29 is 24.9 Å². The number of benzene rings is 1. The van der Waals surface area contributed by atoms with E-state index < -0.39 is 17.0 Å². The van der Waals surface area contributed by atoms with Crippen LogP contribution in [0.1, 0.15) is 19.4 Å². The molecule has 17 heavy (non-hydrogen) atoms. The molecule has 1 atom stereocenters. The second-order valence-electron chi connectivity index (χ2n) is 4.76. The quantitative estimate of drug-likeness (QED) is 0.717. The molecule has 1 unspecified atom stereocenters. The summed E-state index contributed by atoms with van der Waals surface area (Å²) in [5, 5.41) is 29.0. The van der Waals surface area contributed by atoms with Gasteiger partial charge < -0.3 is 20.1 Å². The van der Waals surface area contributed by atoms with E-state index in [2.05, 4.69) is 0 Å². The summed E-state index contributed by atoms with van der Waals surface area (Å²) >= 11 is 0. The molecule has 1 aromatic rings. The van der Waals surface area contributed by atoms with Crippen molar-refractivity contribution in [2.24, 2.45) is 5.41 Å². The average Bonchev–Trinajstić information content (AvgIpc) is 2.57. The van der Waals surface area contributed by atoms with Crippen molar-refractivity contribution in [3.8, 4) is 11.5 Å². The van der Waals surface area contributed by atoms with Gasteiger partial charge in [-0.3, -0.25) is 4.79 Å². The molecule has 0 fully saturated rings. The Hall–Kier alpha value is -1.75. The van der Waals surface area contributed by atoms with Gasteiger partial charge in [0.2, 0.25) is 0 Å². The number of carbonyl (C=O) groups is 1. The molecule has 0 spiro atoms. The van der Waals surface area contributed by atoms with Crippen molar-refractivity contribution in [2.75, 3.05) is 6.61 Å². The molecule has 1 aliphatic rings. The van der Waals surface area contributed by atoms with E-state index in [-0.39, 0.29) is 12.4 Å². The van der Waals surface area contributed by atoms with Crippen LogP contribution >= 0.6 is 0 Å². The fraction of sp³-hybridized carbons (Fsp3) is 0.417. The predicted molar refractivity (Wildman–Crippen MR) is 58.9 cm³/mol. The van der Waals surface area contributed by atoms with Gasteiger partial charge in [-0.2, -0.15) is 0 Å². The van der Waals surface area contributed by atoms with Gasteiger partial charge in [0.1, 0.15) is 23.7 Å². The van der Waals surface area contributed by atoms with E-state index in [1.165, 1.54) is 32.0 Å². The molecule has 1 aliphatic heterocycles. The van der Waals surface area contributed by atoms with Crippen molar-refractivity contribution in [2.45, 2.75) is 19.4 Å². The number of aromatic hydroxyl groups is 1. The number of hydrogen-bond donors (Lipinski definition) is 3. The predicted octanol–water partition coefficient (Wildman–Crippen LogP) is 1.08. The van der Waals surface area contributed by atoms with Crippen LogP contribution in [0.2, 0.25) is 0 Å². The summed E-state index contributed by atoms with van der Waals surface area (Å²) in [6.07, 6.45) is 0. The summed E-state index contributed by atoms with van der Waals surface area (Å²) in [6.45, 7) is 2.76. The van der Waals surface area contributed by atoms with Gasteiger partial charge in [-0.1, -0.05) is 0 Å². The number of hydrogen-bond acceptors (Lipinski definition) is 4. The van der Waals surface area contributed by atoms with Gasteiger partial charge in [0.25, 0.3) is 0 Å². The third-order valence-corrected chi connectivity index (χ3v) is 3.42. The highest BCUT2D eigenvalue weighted by Gasteiger charge is 2.55. The normalized spacial score (nSPS) is 23.0. The van der Waals surface area contributed by atoms with E-state index in [9.17, 15) is 20.1 Å². The third-order valence-electron chi connectivity index (χ3n) is 3.42. The zero-order valence-electron chi connectivity index (χ0n) is 9.60. The molecule has 0 aromatic heterocycles. The number of aliphatic carboxylic acids is 1. The number of carboxylic acid groups (broad SMARTS) is 1. The van der Waals surface area contributed by atoms with Crippen LogP contribution in [0.25, 0.3) is 0 Å². The Labute approximate surface area is 98.3 Å². The molecule has 2 rings (SSSR count). The van der Waals surface area contributed by atoms with Crippen molar-refractivity contribution in [1.29, 1.82) is 0 Å². The number of carboxylic acids is 1. The standard InChI is InChI=1S/C12H14O5/c1-11(2,10(14)15)12(16)6-17-9-5-7(13)3-4-8(9)12/h3-5,13,16H,6H2,1-2H3,(H,14,15). The van der Waals surface area contributed by atoms with Gasteiger partial charge in [-0.25, -0.2) is 0 Å². The summed E-state index contributed by atoms with van der Waals surface area (Å²) in [6, 6.07) is 4.25. The first-order chi connectivity index (χ1) is 7.79. The van der Waals surface area contributed by atoms with Gasteiger partial charge in [0, 0.05) is 11.6 Å². The minimum Gasteiger partial charge on any atom is -0.508 e. The second kappa shape index (κ2) is 3.37. The molecule has 5 nitrogen and oxygen atoms in total. The fourth-order valence-electron chi connectivity index (χ4n) is 1.93. The summed E-state index contributed by atoms with van der Waals surface area (Å²) in [4.78, 5) is 11.2. The molecular weight excluding hydrogens is 224 g/mol. The van der Waals surface area contributed by atoms with Crippen LogP contribution in [0, 0.1) is 5.41 Å². The Morgan fingerprint density at radius 2 is 2.12 bits per heavy atom. The van der Waals surface area contributed by atoms with E-state index >= 15 is 0 Å². The average molecular weight is 238 g/mol. The number of aliphatic hydroxyl groups is 1. The number of phenolic OH excluding ortho intramolecular Hbond substituents is 1. The van der Waals surface area contributed by atoms with Gasteiger partial charge >= 0.3 is 5.97 Å². The molecule has 3 N–H and O–H groups in total. The van der Waals surface area contributed by atoms with Gasteiger partial charge in [-0.05, 0) is 26.0 Å². The molecule has 0 aliphatic carbocycles. The third kappa shape index (κ3) is 1.46. The lowest BCUT2D eigenvalue weighted by Gasteiger charge is -2.35. The summed E-state index contributed by atoms with van der Waals surface area (Å²) in [5.41, 5.74) is -2.58. The Balaban J connectivity index is 2.55. The highest BCUT2D eigenvalue weighted by molar-refractivity contribution is 5.76. The number of phenols is 1. The Morgan fingerprint density at radius 1 is 1.47 bits per heavy atom. The molecule has 5 heteroatoms. The highest BCUT2D eigenvalue weighted by Crippen LogP contribution is 2.48. The molecule has 1 aromatic carbocycles. The van der Waals surface area contributed by atoms with E-state index in [1.54, 1.807) is 0 Å². The summed E-state index contributed by atoms with van der Waals surface area (Å²) in [5.74, 6) is -0.771. The fourth-order valence-corrected chi connectivity index (χ4v) is 1.93. The Morgan fingerprint density at radius 3 is 2.71 bits per heavy atom. The lowest BCUT2D eigenvalue weighted by Crippen LogP contribution is -2.48. The van der Waals surface area contributed by atoms with Crippen LogP contribution in [0.3, 0.4) is 0 Å². The topological polar surface area (TPSA) is 87.0 Å². The summed E-state index contributed by atoms with van der Waals surface area (Å²) < 4.78 is 5.26. The van der Waals surface area contributed by atoms with E-state index in [4.69, 9.17) is 4.74 Å². The van der Waals surface area contributed by atoms with E-state index in [0.29, 0.717) is 11.3 Å². The van der Waals surface area contributed by atoms with Crippen LogP contribution < -0.4 is 4.74 Å². The van der Waals surface area contributed by atoms with Crippen molar-refractivity contribution in [1.82, 2.24) is 0 Å². The highest BCUT2D eigenvalue weighted by atomic mass is 16.5. The first-order valence-corrected chi connectivity index (χ1v) is 5.21. The molecule has 92 valence electrons. The second-order valence-corrected chi connectivity index (χ2v) is 4.76. The molecule has 0 amide bonds. The van der Waals surface area contributed by atoms with Crippen molar-refractivity contribution >= 4 is 5.97 Å². The zero-order valence-corrected chi connectivity index (χ0v) is 9.60. The molecule has 1 heterocycles. The largest absolute Gasteiger partial charge is 0.508 e. The maximum atomic E-state index is 11.2. The van der Waals surface area contributed by atoms with Crippen LogP contribution in [0.5, 0.6) is 11.5 Å². The minimum absolute atomic E-state index is 0.0149. The summed E-state index contributed by atoms with van der Waals surface area (Å²) in [7, 11) is 0. The maximum absolute atomic E-state index is 11.2. The SMILES string of the molecule is CC(C)(C(=O)O)C1(O)COc2cc(O)ccc21. The first kappa shape index (κ1) is 11.7. The maximum Gasteiger partial charge on any atom is 0.312 e. The molecule has 0 bridgehead atoms. The molecule has 0 saturated carbocycles. The van der Waals surface area contributed by atoms with Gasteiger partial charge in [0.05, 0.1) is 5.41 Å². The Bertz CT molecular complexity index is 480. The first-order valence-electron chi connectivity index (χ1n) is 5.21. The van der Waals surface area contributed by atoms with Crippen molar-refractivity contribution in [3.05, 3.63) is 23.8 Å². The number of rotatable bonds is 2. The molecule has 0 saturated heterocycles.